The van der Waals surface area contributed by atoms with Crippen molar-refractivity contribution in [2.75, 3.05) is 19.6 Å². The largest absolute Gasteiger partial charge is 0.480 e. The first-order chi connectivity index (χ1) is 16.8. The molecule has 1 aromatic carbocycles. The number of H-pyrrole nitrogens is 1. The fraction of sp³-hybridized carbons (Fsp3) is 0.500. The minimum atomic E-state index is -1.12. The summed E-state index contributed by atoms with van der Waals surface area (Å²) in [5, 5.41) is 15.5. The van der Waals surface area contributed by atoms with Crippen molar-refractivity contribution in [3.8, 4) is 0 Å². The summed E-state index contributed by atoms with van der Waals surface area (Å²) in [5.41, 5.74) is 13.4. The number of hydrogen-bond acceptors (Lipinski definition) is 6. The van der Waals surface area contributed by atoms with Crippen molar-refractivity contribution in [3.63, 3.8) is 0 Å². The first-order valence-corrected chi connectivity index (χ1v) is 11.9. The van der Waals surface area contributed by atoms with Crippen molar-refractivity contribution in [1.82, 2.24) is 20.5 Å². The Hall–Kier alpha value is -3.44. The molecular formula is C24H34N6O5. The Kier molecular flexibility index (Phi) is 9.21. The van der Waals surface area contributed by atoms with Gasteiger partial charge in [-0.3, -0.25) is 14.4 Å². The zero-order valence-electron chi connectivity index (χ0n) is 19.7. The van der Waals surface area contributed by atoms with Gasteiger partial charge in [-0.25, -0.2) is 4.79 Å². The maximum Gasteiger partial charge on any atom is 0.326 e. The van der Waals surface area contributed by atoms with E-state index in [1.54, 1.807) is 0 Å². The van der Waals surface area contributed by atoms with E-state index in [0.717, 1.165) is 16.5 Å². The van der Waals surface area contributed by atoms with Gasteiger partial charge in [-0.05, 0) is 56.7 Å². The molecule has 0 radical (unpaired) electrons. The summed E-state index contributed by atoms with van der Waals surface area (Å²) in [7, 11) is 0. The maximum atomic E-state index is 12.8. The van der Waals surface area contributed by atoms with Gasteiger partial charge in [-0.15, -0.1) is 0 Å². The van der Waals surface area contributed by atoms with Gasteiger partial charge >= 0.3 is 5.97 Å². The number of likely N-dealkylation sites (tertiary alicyclic amines) is 1. The molecule has 3 rings (SSSR count). The third-order valence-electron chi connectivity index (χ3n) is 6.30. The summed E-state index contributed by atoms with van der Waals surface area (Å²) in [4.78, 5) is 54.0. The van der Waals surface area contributed by atoms with Gasteiger partial charge in [0.2, 0.25) is 17.7 Å². The molecule has 2 heterocycles. The summed E-state index contributed by atoms with van der Waals surface area (Å²) in [6.07, 6.45) is 4.67. The summed E-state index contributed by atoms with van der Waals surface area (Å²) in [6.45, 7) is 0.518. The number of para-hydroxylation sites is 1. The van der Waals surface area contributed by atoms with Crippen LogP contribution in [0.25, 0.3) is 10.9 Å². The topological polar surface area (TPSA) is 184 Å². The second kappa shape index (κ2) is 12.3. The normalized spacial score (nSPS) is 17.2. The summed E-state index contributed by atoms with van der Waals surface area (Å²) >= 11 is 0. The number of fused-ring (bicyclic) bond motifs is 1. The average Bonchev–Trinajstić information content (AvgIpc) is 3.49. The highest BCUT2D eigenvalue weighted by Crippen LogP contribution is 2.19. The van der Waals surface area contributed by atoms with Crippen LogP contribution in [0.15, 0.2) is 30.5 Å². The van der Waals surface area contributed by atoms with Crippen molar-refractivity contribution in [1.29, 1.82) is 0 Å². The highest BCUT2D eigenvalue weighted by Gasteiger charge is 2.35. The fourth-order valence-corrected chi connectivity index (χ4v) is 4.38. The first-order valence-electron chi connectivity index (χ1n) is 11.9. The van der Waals surface area contributed by atoms with Gasteiger partial charge in [0.1, 0.15) is 12.1 Å². The second-order valence-corrected chi connectivity index (χ2v) is 8.82. The van der Waals surface area contributed by atoms with Crippen LogP contribution in [0.4, 0.5) is 0 Å². The molecule has 0 saturated carbocycles. The first kappa shape index (κ1) is 26.2. The van der Waals surface area contributed by atoms with Gasteiger partial charge in [0.05, 0.1) is 12.6 Å². The molecule has 3 atom stereocenters. The molecule has 3 amide bonds. The van der Waals surface area contributed by atoms with Crippen molar-refractivity contribution in [2.45, 2.75) is 56.7 Å². The molecule has 1 fully saturated rings. The quantitative estimate of drug-likeness (QED) is 0.225. The fourth-order valence-electron chi connectivity index (χ4n) is 4.38. The van der Waals surface area contributed by atoms with Gasteiger partial charge in [-0.1, -0.05) is 18.2 Å². The van der Waals surface area contributed by atoms with Crippen LogP contribution in [0.3, 0.4) is 0 Å². The van der Waals surface area contributed by atoms with Crippen molar-refractivity contribution >= 4 is 34.6 Å². The molecule has 35 heavy (non-hydrogen) atoms. The monoisotopic (exact) mass is 486 g/mol. The summed E-state index contributed by atoms with van der Waals surface area (Å²) in [5.74, 6) is -2.50. The van der Waals surface area contributed by atoms with E-state index in [-0.39, 0.29) is 13.0 Å². The molecule has 11 heteroatoms. The number of amides is 3. The molecule has 1 aliphatic heterocycles. The van der Waals surface area contributed by atoms with E-state index in [9.17, 15) is 24.3 Å². The number of carbonyl (C=O) groups excluding carboxylic acids is 3. The Morgan fingerprint density at radius 2 is 1.97 bits per heavy atom. The highest BCUT2D eigenvalue weighted by molar-refractivity contribution is 5.93. The lowest BCUT2D eigenvalue weighted by atomic mass is 10.1. The number of rotatable bonds is 12. The van der Waals surface area contributed by atoms with E-state index < -0.39 is 41.8 Å². The van der Waals surface area contributed by atoms with E-state index >= 15 is 0 Å². The molecule has 8 N–H and O–H groups in total. The predicted molar refractivity (Wildman–Crippen MR) is 130 cm³/mol. The summed E-state index contributed by atoms with van der Waals surface area (Å²) < 4.78 is 0. The highest BCUT2D eigenvalue weighted by atomic mass is 16.4. The van der Waals surface area contributed by atoms with Crippen molar-refractivity contribution < 1.29 is 24.3 Å². The van der Waals surface area contributed by atoms with Crippen LogP contribution in [0, 0.1) is 0 Å². The predicted octanol–water partition coefficient (Wildman–Crippen LogP) is -0.157. The zero-order chi connectivity index (χ0) is 25.4. The number of benzene rings is 1. The Morgan fingerprint density at radius 1 is 1.20 bits per heavy atom. The van der Waals surface area contributed by atoms with Gasteiger partial charge in [0.15, 0.2) is 0 Å². The summed E-state index contributed by atoms with van der Waals surface area (Å²) in [6, 6.07) is 5.06. The molecule has 1 aliphatic rings. The number of nitrogens with two attached hydrogens (primary N) is 2. The van der Waals surface area contributed by atoms with E-state index in [1.165, 1.54) is 4.90 Å². The van der Waals surface area contributed by atoms with Gasteiger partial charge in [0.25, 0.3) is 0 Å². The number of unbranched alkanes of at least 4 members (excludes halogenated alkanes) is 1. The van der Waals surface area contributed by atoms with E-state index in [0.29, 0.717) is 45.2 Å². The lowest BCUT2D eigenvalue weighted by molar-refractivity contribution is -0.144. The van der Waals surface area contributed by atoms with E-state index in [1.807, 2.05) is 30.5 Å². The zero-order valence-corrected chi connectivity index (χ0v) is 19.7. The van der Waals surface area contributed by atoms with Gasteiger partial charge in [0, 0.05) is 23.6 Å². The molecule has 0 aliphatic carbocycles. The van der Waals surface area contributed by atoms with Crippen LogP contribution in [-0.2, 0) is 25.6 Å². The van der Waals surface area contributed by atoms with Gasteiger partial charge in [-0.2, -0.15) is 0 Å². The SMILES string of the molecule is NCCCCC(NC(=O)C1CCCN1C(=O)CNC(=O)C(N)Cc1c[nH]c2ccccc12)C(=O)O. The van der Waals surface area contributed by atoms with Crippen LogP contribution in [0.2, 0.25) is 0 Å². The lowest BCUT2D eigenvalue weighted by Gasteiger charge is -2.26. The number of aliphatic carboxylic acids is 1. The minimum Gasteiger partial charge on any atom is -0.480 e. The van der Waals surface area contributed by atoms with Crippen molar-refractivity contribution in [2.24, 2.45) is 11.5 Å². The Labute approximate surface area is 203 Å². The molecule has 1 saturated heterocycles. The number of nitrogens with one attached hydrogen (secondary N) is 3. The molecule has 11 nitrogen and oxygen atoms in total. The molecule has 0 spiro atoms. The molecule has 2 aromatic rings. The van der Waals surface area contributed by atoms with Crippen LogP contribution in [0.1, 0.15) is 37.7 Å². The van der Waals surface area contributed by atoms with E-state index in [4.69, 9.17) is 11.5 Å². The van der Waals surface area contributed by atoms with Crippen LogP contribution < -0.4 is 22.1 Å². The minimum absolute atomic E-state index is 0.267. The maximum absolute atomic E-state index is 12.8. The van der Waals surface area contributed by atoms with Crippen LogP contribution in [0.5, 0.6) is 0 Å². The Balaban J connectivity index is 1.51. The van der Waals surface area contributed by atoms with E-state index in [2.05, 4.69) is 15.6 Å². The number of aromatic nitrogens is 1. The number of hydrogen-bond donors (Lipinski definition) is 6. The molecule has 0 bridgehead atoms. The van der Waals surface area contributed by atoms with Crippen LogP contribution >= 0.6 is 0 Å². The number of aromatic amines is 1. The molecular weight excluding hydrogens is 452 g/mol. The average molecular weight is 487 g/mol. The molecule has 3 unspecified atom stereocenters. The number of carboxylic acid groups (broad SMARTS) is 1. The third-order valence-corrected chi connectivity index (χ3v) is 6.30. The number of nitrogens with zero attached hydrogens (tertiary/aromatic N) is 1. The lowest BCUT2D eigenvalue weighted by Crippen LogP contribution is -2.53. The Bertz CT molecular complexity index is 1050. The second-order valence-electron chi connectivity index (χ2n) is 8.82. The Morgan fingerprint density at radius 3 is 2.71 bits per heavy atom. The smallest absolute Gasteiger partial charge is 0.326 e. The number of carboxylic acids is 1. The number of carbonyl (C=O) groups is 4. The molecule has 190 valence electrons. The van der Waals surface area contributed by atoms with Crippen LogP contribution in [-0.4, -0.2) is 76.4 Å². The van der Waals surface area contributed by atoms with Gasteiger partial charge < -0.3 is 37.1 Å². The third kappa shape index (κ3) is 6.80. The molecule has 1 aromatic heterocycles. The standard InChI is InChI=1S/C24H34N6O5/c25-10-4-3-8-19(24(34)35)29-23(33)20-9-5-11-30(20)21(31)14-28-22(32)17(26)12-15-13-27-18-7-2-1-6-16(15)18/h1-2,6-7,13,17,19-20,27H,3-5,8-12,14,25-26H2,(H,28,32)(H,29,33)(H,34,35). The van der Waals surface area contributed by atoms with Crippen molar-refractivity contribution in [3.05, 3.63) is 36.0 Å².